The van der Waals surface area contributed by atoms with Gasteiger partial charge in [-0.15, -0.1) is 0 Å². The standard InChI is InChI=1S/C18H25NO5/c1-12(2)10-23-14-4-3-5-15(9-14)24-11-17(20)19-16(18(21)22)8-13-6-7-13/h3-5,9,12-13,16H,6-8,10-11H2,1-2H3,(H,19,20)(H,21,22). The summed E-state index contributed by atoms with van der Waals surface area (Å²) in [7, 11) is 0. The summed E-state index contributed by atoms with van der Waals surface area (Å²) in [5.74, 6) is 0.594. The number of rotatable bonds is 10. The molecule has 0 aromatic heterocycles. The van der Waals surface area contributed by atoms with Gasteiger partial charge in [-0.1, -0.05) is 32.8 Å². The van der Waals surface area contributed by atoms with Gasteiger partial charge in [0.15, 0.2) is 6.61 Å². The molecule has 1 saturated carbocycles. The zero-order chi connectivity index (χ0) is 17.5. The molecule has 1 aliphatic rings. The van der Waals surface area contributed by atoms with E-state index in [0.717, 1.165) is 12.8 Å². The molecule has 1 amide bonds. The zero-order valence-electron chi connectivity index (χ0n) is 14.2. The van der Waals surface area contributed by atoms with Crippen LogP contribution >= 0.6 is 0 Å². The van der Waals surface area contributed by atoms with Gasteiger partial charge in [-0.25, -0.2) is 4.79 Å². The first-order valence-electron chi connectivity index (χ1n) is 8.32. The number of amides is 1. The highest BCUT2D eigenvalue weighted by Crippen LogP contribution is 2.33. The molecule has 2 rings (SSSR count). The normalized spacial score (nSPS) is 15.0. The molecule has 24 heavy (non-hydrogen) atoms. The quantitative estimate of drug-likeness (QED) is 0.686. The van der Waals surface area contributed by atoms with Crippen molar-refractivity contribution >= 4 is 11.9 Å². The largest absolute Gasteiger partial charge is 0.493 e. The third-order valence-corrected chi connectivity index (χ3v) is 3.66. The minimum atomic E-state index is -1.00. The topological polar surface area (TPSA) is 84.9 Å². The van der Waals surface area contributed by atoms with Gasteiger partial charge < -0.3 is 19.9 Å². The van der Waals surface area contributed by atoms with Gasteiger partial charge in [-0.05, 0) is 30.4 Å². The summed E-state index contributed by atoms with van der Waals surface area (Å²) in [5, 5.41) is 11.7. The van der Waals surface area contributed by atoms with Gasteiger partial charge in [-0.3, -0.25) is 4.79 Å². The van der Waals surface area contributed by atoms with E-state index in [1.165, 1.54) is 0 Å². The predicted molar refractivity (Wildman–Crippen MR) is 89.2 cm³/mol. The van der Waals surface area contributed by atoms with E-state index in [1.54, 1.807) is 18.2 Å². The van der Waals surface area contributed by atoms with Crippen LogP contribution in [0.4, 0.5) is 0 Å². The third-order valence-electron chi connectivity index (χ3n) is 3.66. The Morgan fingerprint density at radius 2 is 1.92 bits per heavy atom. The van der Waals surface area contributed by atoms with Gasteiger partial charge in [0.05, 0.1) is 6.61 Å². The van der Waals surface area contributed by atoms with Crippen molar-refractivity contribution in [2.75, 3.05) is 13.2 Å². The number of benzene rings is 1. The second-order valence-electron chi connectivity index (χ2n) is 6.61. The first kappa shape index (κ1) is 18.1. The molecule has 1 unspecified atom stereocenters. The number of carboxylic acids is 1. The summed E-state index contributed by atoms with van der Waals surface area (Å²) < 4.78 is 11.0. The fourth-order valence-corrected chi connectivity index (χ4v) is 2.21. The van der Waals surface area contributed by atoms with Crippen LogP contribution in [0.25, 0.3) is 0 Å². The van der Waals surface area contributed by atoms with Crippen molar-refractivity contribution < 1.29 is 24.2 Å². The fourth-order valence-electron chi connectivity index (χ4n) is 2.21. The van der Waals surface area contributed by atoms with Crippen LogP contribution in [0.15, 0.2) is 24.3 Å². The predicted octanol–water partition coefficient (Wildman–Crippen LogP) is 2.47. The van der Waals surface area contributed by atoms with Crippen molar-refractivity contribution in [2.45, 2.75) is 39.2 Å². The van der Waals surface area contributed by atoms with E-state index in [0.29, 0.717) is 36.4 Å². The number of nitrogens with one attached hydrogen (secondary N) is 1. The highest BCUT2D eigenvalue weighted by atomic mass is 16.5. The minimum Gasteiger partial charge on any atom is -0.493 e. The Morgan fingerprint density at radius 1 is 1.25 bits per heavy atom. The third kappa shape index (κ3) is 6.48. The molecule has 6 heteroatoms. The summed E-state index contributed by atoms with van der Waals surface area (Å²) in [4.78, 5) is 23.1. The lowest BCUT2D eigenvalue weighted by Gasteiger charge is -2.15. The summed E-state index contributed by atoms with van der Waals surface area (Å²) >= 11 is 0. The van der Waals surface area contributed by atoms with Crippen molar-refractivity contribution in [2.24, 2.45) is 11.8 Å². The molecule has 0 heterocycles. The second-order valence-corrected chi connectivity index (χ2v) is 6.61. The lowest BCUT2D eigenvalue weighted by molar-refractivity contribution is -0.142. The number of hydrogen-bond acceptors (Lipinski definition) is 4. The Balaban J connectivity index is 1.79. The van der Waals surface area contributed by atoms with Crippen molar-refractivity contribution in [1.29, 1.82) is 0 Å². The lowest BCUT2D eigenvalue weighted by Crippen LogP contribution is -2.43. The minimum absolute atomic E-state index is 0.220. The smallest absolute Gasteiger partial charge is 0.326 e. The number of aliphatic carboxylic acids is 1. The van der Waals surface area contributed by atoms with E-state index in [9.17, 15) is 9.59 Å². The number of hydrogen-bond donors (Lipinski definition) is 2. The Hall–Kier alpha value is -2.24. The maximum absolute atomic E-state index is 11.9. The van der Waals surface area contributed by atoms with Crippen LogP contribution in [0.2, 0.25) is 0 Å². The Morgan fingerprint density at radius 3 is 2.50 bits per heavy atom. The molecule has 1 aliphatic carbocycles. The van der Waals surface area contributed by atoms with Crippen molar-refractivity contribution in [3.63, 3.8) is 0 Å². The van der Waals surface area contributed by atoms with E-state index in [1.807, 2.05) is 6.07 Å². The number of carbonyl (C=O) groups is 2. The van der Waals surface area contributed by atoms with Crippen LogP contribution in [-0.2, 0) is 9.59 Å². The number of carboxylic acid groups (broad SMARTS) is 1. The molecule has 2 N–H and O–H groups in total. The Labute approximate surface area is 142 Å². The lowest BCUT2D eigenvalue weighted by atomic mass is 10.1. The van der Waals surface area contributed by atoms with Crippen LogP contribution in [0.3, 0.4) is 0 Å². The Kier molecular flexibility index (Phi) is 6.46. The van der Waals surface area contributed by atoms with Gasteiger partial charge in [0.25, 0.3) is 5.91 Å². The van der Waals surface area contributed by atoms with Gasteiger partial charge >= 0.3 is 5.97 Å². The molecule has 1 fully saturated rings. The molecular weight excluding hydrogens is 310 g/mol. The molecule has 1 atom stereocenters. The number of carbonyl (C=O) groups excluding carboxylic acids is 1. The van der Waals surface area contributed by atoms with Gasteiger partial charge in [0, 0.05) is 6.07 Å². The summed E-state index contributed by atoms with van der Waals surface area (Å²) in [5.41, 5.74) is 0. The van der Waals surface area contributed by atoms with Crippen LogP contribution in [0.5, 0.6) is 11.5 Å². The molecule has 1 aromatic rings. The number of ether oxygens (including phenoxy) is 2. The maximum atomic E-state index is 11.9. The van der Waals surface area contributed by atoms with Crippen molar-refractivity contribution in [3.8, 4) is 11.5 Å². The van der Waals surface area contributed by atoms with Crippen LogP contribution in [0.1, 0.15) is 33.1 Å². The molecule has 1 aromatic carbocycles. The monoisotopic (exact) mass is 335 g/mol. The Bertz CT molecular complexity index is 568. The maximum Gasteiger partial charge on any atom is 0.326 e. The summed E-state index contributed by atoms with van der Waals surface area (Å²) in [6.45, 7) is 4.50. The average molecular weight is 335 g/mol. The van der Waals surface area contributed by atoms with E-state index in [-0.39, 0.29) is 6.61 Å². The van der Waals surface area contributed by atoms with Crippen molar-refractivity contribution in [1.82, 2.24) is 5.32 Å². The van der Waals surface area contributed by atoms with E-state index < -0.39 is 17.9 Å². The highest BCUT2D eigenvalue weighted by Gasteiger charge is 2.30. The molecule has 0 saturated heterocycles. The molecule has 0 spiro atoms. The first-order chi connectivity index (χ1) is 11.4. The van der Waals surface area contributed by atoms with Gasteiger partial charge in [-0.2, -0.15) is 0 Å². The van der Waals surface area contributed by atoms with Crippen LogP contribution in [-0.4, -0.2) is 36.2 Å². The molecule has 0 aliphatic heterocycles. The molecular formula is C18H25NO5. The van der Waals surface area contributed by atoms with Gasteiger partial charge in [0.1, 0.15) is 17.5 Å². The van der Waals surface area contributed by atoms with E-state index >= 15 is 0 Å². The van der Waals surface area contributed by atoms with Crippen LogP contribution < -0.4 is 14.8 Å². The SMILES string of the molecule is CC(C)COc1cccc(OCC(=O)NC(CC2CC2)C(=O)O)c1. The molecule has 6 nitrogen and oxygen atoms in total. The molecule has 132 valence electrons. The first-order valence-corrected chi connectivity index (χ1v) is 8.32. The van der Waals surface area contributed by atoms with E-state index in [2.05, 4.69) is 19.2 Å². The molecule has 0 radical (unpaired) electrons. The summed E-state index contributed by atoms with van der Waals surface area (Å²) in [6, 6.07) is 6.22. The van der Waals surface area contributed by atoms with Crippen LogP contribution in [0, 0.1) is 11.8 Å². The zero-order valence-corrected chi connectivity index (χ0v) is 14.2. The molecule has 0 bridgehead atoms. The average Bonchev–Trinajstić information content (AvgIpc) is 3.35. The fraction of sp³-hybridized carbons (Fsp3) is 0.556. The highest BCUT2D eigenvalue weighted by molar-refractivity contribution is 5.84. The summed E-state index contributed by atoms with van der Waals surface area (Å²) in [6.07, 6.45) is 2.57. The van der Waals surface area contributed by atoms with E-state index in [4.69, 9.17) is 14.6 Å². The second kappa shape index (κ2) is 8.57. The van der Waals surface area contributed by atoms with Crippen molar-refractivity contribution in [3.05, 3.63) is 24.3 Å². The van der Waals surface area contributed by atoms with Gasteiger partial charge in [0.2, 0.25) is 0 Å².